The molecule has 2 aliphatic rings. The molecule has 2 rings (SSSR count). The highest BCUT2D eigenvalue weighted by Gasteiger charge is 2.43. The van der Waals surface area contributed by atoms with Crippen LogP contribution in [0.3, 0.4) is 0 Å². The van der Waals surface area contributed by atoms with Crippen LogP contribution in [0.2, 0.25) is 0 Å². The molecule has 1 heterocycles. The van der Waals surface area contributed by atoms with Gasteiger partial charge in [-0.1, -0.05) is 19.8 Å². The lowest BCUT2D eigenvalue weighted by Crippen LogP contribution is -2.31. The molecule has 0 spiro atoms. The van der Waals surface area contributed by atoms with E-state index < -0.39 is 9.84 Å². The number of carbonyl (C=O) groups excluding carboxylic acids is 1. The smallest absolute Gasteiger partial charge is 0.151 e. The van der Waals surface area contributed by atoms with Gasteiger partial charge < -0.3 is 0 Å². The van der Waals surface area contributed by atoms with Crippen molar-refractivity contribution >= 4 is 15.6 Å². The zero-order valence-corrected chi connectivity index (χ0v) is 9.98. The van der Waals surface area contributed by atoms with Crippen molar-refractivity contribution in [1.82, 2.24) is 0 Å². The van der Waals surface area contributed by atoms with Gasteiger partial charge in [0.15, 0.2) is 9.84 Å². The lowest BCUT2D eigenvalue weighted by atomic mass is 9.78. The first kappa shape index (κ1) is 11.1. The molecule has 0 radical (unpaired) electrons. The highest BCUT2D eigenvalue weighted by Crippen LogP contribution is 2.41. The third-order valence-electron chi connectivity index (χ3n) is 3.91. The lowest BCUT2D eigenvalue weighted by molar-refractivity contribution is -0.131. The van der Waals surface area contributed by atoms with Gasteiger partial charge in [0, 0.05) is 11.3 Å². The summed E-state index contributed by atoms with van der Waals surface area (Å²) in [4.78, 5) is 12.2. The first-order valence-corrected chi connectivity index (χ1v) is 7.50. The molecule has 0 amide bonds. The summed E-state index contributed by atoms with van der Waals surface area (Å²) in [5, 5.41) is 0. The molecule has 0 aromatic rings. The minimum atomic E-state index is -2.92. The van der Waals surface area contributed by atoms with Crippen LogP contribution < -0.4 is 0 Å². The van der Waals surface area contributed by atoms with Gasteiger partial charge in [0.05, 0.1) is 11.5 Å². The number of hydrogen-bond donors (Lipinski definition) is 0. The minimum absolute atomic E-state index is 0.0986. The Morgan fingerprint density at radius 2 is 1.87 bits per heavy atom. The molecule has 4 heteroatoms. The summed E-state index contributed by atoms with van der Waals surface area (Å²) in [6.45, 7) is 2.01. The maximum absolute atomic E-state index is 12.2. The molecule has 86 valence electrons. The van der Waals surface area contributed by atoms with Crippen molar-refractivity contribution in [3.63, 3.8) is 0 Å². The van der Waals surface area contributed by atoms with E-state index in [1.165, 1.54) is 0 Å². The first-order valence-electron chi connectivity index (χ1n) is 5.68. The molecular weight excluding hydrogens is 212 g/mol. The maximum Gasteiger partial charge on any atom is 0.151 e. The van der Waals surface area contributed by atoms with Crippen LogP contribution in [0.15, 0.2) is 0 Å². The Labute approximate surface area is 91.2 Å². The zero-order chi connectivity index (χ0) is 11.1. The Bertz CT molecular complexity index is 363. The van der Waals surface area contributed by atoms with Crippen LogP contribution in [0.25, 0.3) is 0 Å². The van der Waals surface area contributed by atoms with E-state index in [1.807, 2.05) is 6.92 Å². The third-order valence-corrected chi connectivity index (χ3v) is 5.67. The van der Waals surface area contributed by atoms with Crippen LogP contribution in [0.5, 0.6) is 0 Å². The average molecular weight is 230 g/mol. The van der Waals surface area contributed by atoms with Crippen LogP contribution in [-0.2, 0) is 14.6 Å². The van der Waals surface area contributed by atoms with Crippen molar-refractivity contribution < 1.29 is 13.2 Å². The summed E-state index contributed by atoms with van der Waals surface area (Å²) >= 11 is 0. The largest absolute Gasteiger partial charge is 0.299 e. The Hall–Kier alpha value is -0.380. The van der Waals surface area contributed by atoms with Gasteiger partial charge >= 0.3 is 0 Å². The van der Waals surface area contributed by atoms with E-state index in [0.29, 0.717) is 6.42 Å². The van der Waals surface area contributed by atoms with Crippen LogP contribution in [0.4, 0.5) is 0 Å². The standard InChI is InChI=1S/C11H18O3S/c1-11(5-2-3-6-11)10(12)9-4-7-15(13,14)8-9/h9H,2-8H2,1H3. The van der Waals surface area contributed by atoms with Gasteiger partial charge in [-0.3, -0.25) is 4.79 Å². The van der Waals surface area contributed by atoms with Gasteiger partial charge in [0.25, 0.3) is 0 Å². The van der Waals surface area contributed by atoms with Crippen LogP contribution in [-0.4, -0.2) is 25.7 Å². The third kappa shape index (κ3) is 2.10. The number of Topliss-reactive ketones (excluding diaryl/α,β-unsaturated/α-hetero) is 1. The summed E-state index contributed by atoms with van der Waals surface area (Å²) < 4.78 is 22.6. The zero-order valence-electron chi connectivity index (χ0n) is 9.16. The molecule has 1 unspecified atom stereocenters. The summed E-state index contributed by atoms with van der Waals surface area (Å²) in [7, 11) is -2.92. The number of carbonyl (C=O) groups is 1. The molecule has 2 fully saturated rings. The number of hydrogen-bond acceptors (Lipinski definition) is 3. The monoisotopic (exact) mass is 230 g/mol. The van der Waals surface area contributed by atoms with Gasteiger partial charge in [-0.05, 0) is 19.3 Å². The van der Waals surface area contributed by atoms with E-state index in [9.17, 15) is 13.2 Å². The van der Waals surface area contributed by atoms with Crippen molar-refractivity contribution in [2.45, 2.75) is 39.0 Å². The van der Waals surface area contributed by atoms with Gasteiger partial charge in [-0.2, -0.15) is 0 Å². The SMILES string of the molecule is CC1(C(=O)C2CCS(=O)(=O)C2)CCCC1. The summed E-state index contributed by atoms with van der Waals surface area (Å²) in [6.07, 6.45) is 4.67. The fraction of sp³-hybridized carbons (Fsp3) is 0.909. The van der Waals surface area contributed by atoms with E-state index >= 15 is 0 Å². The predicted octanol–water partition coefficient (Wildman–Crippen LogP) is 1.57. The number of ketones is 1. The highest BCUT2D eigenvalue weighted by atomic mass is 32.2. The Kier molecular flexibility index (Phi) is 2.65. The fourth-order valence-electron chi connectivity index (χ4n) is 2.90. The molecule has 0 aromatic heterocycles. The molecule has 0 bridgehead atoms. The van der Waals surface area contributed by atoms with Gasteiger partial charge in [-0.25, -0.2) is 8.42 Å². The molecule has 15 heavy (non-hydrogen) atoms. The highest BCUT2D eigenvalue weighted by molar-refractivity contribution is 7.91. The summed E-state index contributed by atoms with van der Waals surface area (Å²) in [5.74, 6) is 0.306. The van der Waals surface area contributed by atoms with E-state index in [4.69, 9.17) is 0 Å². The fourth-order valence-corrected chi connectivity index (χ4v) is 4.64. The van der Waals surface area contributed by atoms with Crippen molar-refractivity contribution in [1.29, 1.82) is 0 Å². The van der Waals surface area contributed by atoms with E-state index in [0.717, 1.165) is 25.7 Å². The minimum Gasteiger partial charge on any atom is -0.299 e. The van der Waals surface area contributed by atoms with E-state index in [2.05, 4.69) is 0 Å². The molecule has 0 N–H and O–H groups in total. The van der Waals surface area contributed by atoms with E-state index in [1.54, 1.807) is 0 Å². The van der Waals surface area contributed by atoms with Gasteiger partial charge in [0.1, 0.15) is 5.78 Å². The second-order valence-corrected chi connectivity index (χ2v) is 7.46. The lowest BCUT2D eigenvalue weighted by Gasteiger charge is -2.24. The van der Waals surface area contributed by atoms with Crippen molar-refractivity contribution in [3.8, 4) is 0 Å². The molecule has 1 saturated heterocycles. The molecule has 1 aliphatic heterocycles. The molecule has 0 aromatic carbocycles. The Morgan fingerprint density at radius 3 is 2.33 bits per heavy atom. The second-order valence-electron chi connectivity index (χ2n) is 5.23. The number of sulfone groups is 1. The quantitative estimate of drug-likeness (QED) is 0.723. The van der Waals surface area contributed by atoms with Gasteiger partial charge in [-0.15, -0.1) is 0 Å². The Morgan fingerprint density at radius 1 is 1.27 bits per heavy atom. The van der Waals surface area contributed by atoms with Crippen molar-refractivity contribution in [2.75, 3.05) is 11.5 Å². The van der Waals surface area contributed by atoms with Crippen LogP contribution in [0.1, 0.15) is 39.0 Å². The normalized spacial score (nSPS) is 33.0. The summed E-state index contributed by atoms with van der Waals surface area (Å²) in [5.41, 5.74) is -0.218. The molecule has 1 atom stereocenters. The maximum atomic E-state index is 12.2. The summed E-state index contributed by atoms with van der Waals surface area (Å²) in [6, 6.07) is 0. The van der Waals surface area contributed by atoms with Crippen LogP contribution in [0, 0.1) is 11.3 Å². The molecule has 3 nitrogen and oxygen atoms in total. The molecule has 1 aliphatic carbocycles. The van der Waals surface area contributed by atoms with Gasteiger partial charge in [0.2, 0.25) is 0 Å². The molecule has 1 saturated carbocycles. The number of rotatable bonds is 2. The first-order chi connectivity index (χ1) is 6.93. The van der Waals surface area contributed by atoms with Crippen LogP contribution >= 0.6 is 0 Å². The Balaban J connectivity index is 2.09. The van der Waals surface area contributed by atoms with E-state index in [-0.39, 0.29) is 28.6 Å². The predicted molar refractivity (Wildman–Crippen MR) is 58.3 cm³/mol. The van der Waals surface area contributed by atoms with Crippen molar-refractivity contribution in [2.24, 2.45) is 11.3 Å². The topological polar surface area (TPSA) is 51.2 Å². The second kappa shape index (κ2) is 3.58. The molecular formula is C11H18O3S. The van der Waals surface area contributed by atoms with Crippen molar-refractivity contribution in [3.05, 3.63) is 0 Å². The average Bonchev–Trinajstić information content (AvgIpc) is 2.72.